The Hall–Kier alpha value is -0.520. The van der Waals surface area contributed by atoms with Crippen molar-refractivity contribution in [2.24, 2.45) is 0 Å². The summed E-state index contributed by atoms with van der Waals surface area (Å²) < 4.78 is 0. The Morgan fingerprint density at radius 3 is 2.81 bits per heavy atom. The predicted octanol–water partition coefficient (Wildman–Crippen LogP) is 2.01. The molecule has 1 saturated heterocycles. The molecule has 1 aliphatic carbocycles. The van der Waals surface area contributed by atoms with Crippen molar-refractivity contribution in [2.45, 2.75) is 57.5 Å². The number of piperazine rings is 1. The Balaban J connectivity index is 1.91. The summed E-state index contributed by atoms with van der Waals surface area (Å²) in [5.74, 6) is 6.17. The van der Waals surface area contributed by atoms with Crippen molar-refractivity contribution in [2.75, 3.05) is 19.6 Å². The van der Waals surface area contributed by atoms with Crippen molar-refractivity contribution < 1.29 is 0 Å². The van der Waals surface area contributed by atoms with Gasteiger partial charge in [-0.3, -0.25) is 4.90 Å². The van der Waals surface area contributed by atoms with E-state index in [0.29, 0.717) is 11.6 Å². The highest BCUT2D eigenvalue weighted by Gasteiger charge is 2.39. The Morgan fingerprint density at radius 2 is 2.12 bits per heavy atom. The van der Waals surface area contributed by atoms with Crippen molar-refractivity contribution in [1.29, 1.82) is 0 Å². The van der Waals surface area contributed by atoms with Gasteiger partial charge < -0.3 is 5.32 Å². The lowest BCUT2D eigenvalue weighted by atomic mass is 9.92. The van der Waals surface area contributed by atoms with Gasteiger partial charge in [0.05, 0.1) is 0 Å². The van der Waals surface area contributed by atoms with E-state index in [2.05, 4.69) is 29.0 Å². The van der Waals surface area contributed by atoms with Crippen LogP contribution in [-0.4, -0.2) is 36.1 Å². The summed E-state index contributed by atoms with van der Waals surface area (Å²) in [6.07, 6.45) is 6.58. The van der Waals surface area contributed by atoms with Gasteiger partial charge in [0.2, 0.25) is 0 Å². The molecule has 0 radical (unpaired) electrons. The molecular weight excluding hydrogens is 196 g/mol. The van der Waals surface area contributed by atoms with Gasteiger partial charge in [0.1, 0.15) is 0 Å². The van der Waals surface area contributed by atoms with Crippen molar-refractivity contribution in [3.63, 3.8) is 0 Å². The van der Waals surface area contributed by atoms with E-state index in [1.807, 2.05) is 6.92 Å². The molecule has 2 fully saturated rings. The lowest BCUT2D eigenvalue weighted by molar-refractivity contribution is 0.0914. The molecule has 1 atom stereocenters. The van der Waals surface area contributed by atoms with Gasteiger partial charge in [-0.2, -0.15) is 0 Å². The zero-order valence-corrected chi connectivity index (χ0v) is 10.7. The van der Waals surface area contributed by atoms with Crippen LogP contribution >= 0.6 is 0 Å². The Bertz CT molecular complexity index is 281. The summed E-state index contributed by atoms with van der Waals surface area (Å²) in [6.45, 7) is 7.79. The van der Waals surface area contributed by atoms with E-state index < -0.39 is 0 Å². The van der Waals surface area contributed by atoms with E-state index in [4.69, 9.17) is 0 Å². The lowest BCUT2D eigenvalue weighted by Crippen LogP contribution is -2.62. The van der Waals surface area contributed by atoms with Crippen LogP contribution in [0.5, 0.6) is 0 Å². The quantitative estimate of drug-likeness (QED) is 0.716. The summed E-state index contributed by atoms with van der Waals surface area (Å²) in [6, 6.07) is 0.671. The number of hydrogen-bond donors (Lipinski definition) is 1. The van der Waals surface area contributed by atoms with E-state index in [0.717, 1.165) is 19.5 Å². The van der Waals surface area contributed by atoms with E-state index in [-0.39, 0.29) is 0 Å². The highest BCUT2D eigenvalue weighted by Crippen LogP contribution is 2.33. The first-order chi connectivity index (χ1) is 7.76. The van der Waals surface area contributed by atoms with E-state index in [1.165, 1.54) is 32.2 Å². The molecule has 0 aromatic heterocycles. The summed E-state index contributed by atoms with van der Waals surface area (Å²) >= 11 is 0. The molecule has 1 unspecified atom stereocenters. The van der Waals surface area contributed by atoms with Gasteiger partial charge in [-0.05, 0) is 26.7 Å². The Labute approximate surface area is 99.8 Å². The second kappa shape index (κ2) is 5.21. The predicted molar refractivity (Wildman–Crippen MR) is 68.3 cm³/mol. The average Bonchev–Trinajstić information content (AvgIpc) is 2.73. The van der Waals surface area contributed by atoms with Crippen LogP contribution in [0.2, 0.25) is 0 Å². The van der Waals surface area contributed by atoms with E-state index in [9.17, 15) is 0 Å². The Kier molecular flexibility index (Phi) is 3.89. The molecule has 1 saturated carbocycles. The average molecular weight is 220 g/mol. The van der Waals surface area contributed by atoms with Crippen LogP contribution in [0.15, 0.2) is 0 Å². The standard InChI is InChI=1S/C14H24N2/c1-3-4-7-10-16-12-14(8-5-6-9-14)15-11-13(16)2/h13,15H,5-12H2,1-2H3. The number of nitrogens with one attached hydrogen (secondary N) is 1. The SMILES string of the molecule is CC#CCCN1CC2(CCCC2)NCC1C. The summed E-state index contributed by atoms with van der Waals surface area (Å²) in [4.78, 5) is 2.63. The van der Waals surface area contributed by atoms with Crippen LogP contribution in [0.4, 0.5) is 0 Å². The fourth-order valence-electron chi connectivity index (χ4n) is 3.10. The minimum atomic E-state index is 0.451. The zero-order chi connectivity index (χ0) is 11.4. The largest absolute Gasteiger partial charge is 0.308 e. The number of hydrogen-bond acceptors (Lipinski definition) is 2. The summed E-state index contributed by atoms with van der Waals surface area (Å²) in [7, 11) is 0. The van der Waals surface area contributed by atoms with E-state index in [1.54, 1.807) is 0 Å². The van der Waals surface area contributed by atoms with Crippen LogP contribution in [0.3, 0.4) is 0 Å². The molecule has 2 rings (SSSR count). The molecule has 90 valence electrons. The van der Waals surface area contributed by atoms with Crippen LogP contribution in [0.25, 0.3) is 0 Å². The molecule has 2 nitrogen and oxygen atoms in total. The van der Waals surface area contributed by atoms with Crippen LogP contribution in [0, 0.1) is 11.8 Å². The molecule has 0 amide bonds. The van der Waals surface area contributed by atoms with E-state index >= 15 is 0 Å². The highest BCUT2D eigenvalue weighted by atomic mass is 15.2. The molecule has 1 heterocycles. The monoisotopic (exact) mass is 220 g/mol. The molecule has 2 aliphatic rings. The molecule has 2 heteroatoms. The maximum atomic E-state index is 3.79. The summed E-state index contributed by atoms with van der Waals surface area (Å²) in [5.41, 5.74) is 0.451. The normalized spacial score (nSPS) is 29.0. The topological polar surface area (TPSA) is 15.3 Å². The minimum absolute atomic E-state index is 0.451. The fraction of sp³-hybridized carbons (Fsp3) is 0.857. The van der Waals surface area contributed by atoms with Crippen LogP contribution in [0.1, 0.15) is 46.0 Å². The fourth-order valence-corrected chi connectivity index (χ4v) is 3.10. The number of rotatable bonds is 2. The van der Waals surface area contributed by atoms with Crippen molar-refractivity contribution >= 4 is 0 Å². The smallest absolute Gasteiger partial charge is 0.0309 e. The molecule has 0 aromatic carbocycles. The third-order valence-electron chi connectivity index (χ3n) is 4.16. The highest BCUT2D eigenvalue weighted by molar-refractivity contribution is 5.01. The molecular formula is C14H24N2. The van der Waals surface area contributed by atoms with Gasteiger partial charge in [-0.25, -0.2) is 0 Å². The second-order valence-electron chi connectivity index (χ2n) is 5.36. The molecule has 1 spiro atoms. The lowest BCUT2D eigenvalue weighted by Gasteiger charge is -2.45. The van der Waals surface area contributed by atoms with Gasteiger partial charge in [0.25, 0.3) is 0 Å². The molecule has 0 bridgehead atoms. The third-order valence-corrected chi connectivity index (χ3v) is 4.16. The molecule has 1 N–H and O–H groups in total. The van der Waals surface area contributed by atoms with Crippen LogP contribution in [-0.2, 0) is 0 Å². The maximum absolute atomic E-state index is 3.79. The first kappa shape index (κ1) is 12.0. The molecule has 0 aromatic rings. The second-order valence-corrected chi connectivity index (χ2v) is 5.36. The van der Waals surface area contributed by atoms with Gasteiger partial charge in [0.15, 0.2) is 0 Å². The first-order valence-corrected chi connectivity index (χ1v) is 6.64. The number of nitrogens with zero attached hydrogens (tertiary/aromatic N) is 1. The summed E-state index contributed by atoms with van der Waals surface area (Å²) in [5, 5.41) is 3.79. The van der Waals surface area contributed by atoms with Crippen molar-refractivity contribution in [3.8, 4) is 11.8 Å². The van der Waals surface area contributed by atoms with Gasteiger partial charge in [-0.15, -0.1) is 11.8 Å². The maximum Gasteiger partial charge on any atom is 0.0309 e. The van der Waals surface area contributed by atoms with Gasteiger partial charge in [0, 0.05) is 37.6 Å². The van der Waals surface area contributed by atoms with Gasteiger partial charge >= 0.3 is 0 Å². The van der Waals surface area contributed by atoms with Crippen molar-refractivity contribution in [1.82, 2.24) is 10.2 Å². The third kappa shape index (κ3) is 2.59. The molecule has 16 heavy (non-hydrogen) atoms. The minimum Gasteiger partial charge on any atom is -0.308 e. The first-order valence-electron chi connectivity index (χ1n) is 6.64. The van der Waals surface area contributed by atoms with Crippen LogP contribution < -0.4 is 5.32 Å². The molecule has 1 aliphatic heterocycles. The Morgan fingerprint density at radius 1 is 1.38 bits per heavy atom. The van der Waals surface area contributed by atoms with Crippen molar-refractivity contribution in [3.05, 3.63) is 0 Å². The van der Waals surface area contributed by atoms with Gasteiger partial charge in [-0.1, -0.05) is 12.8 Å². The zero-order valence-electron chi connectivity index (χ0n) is 10.7.